The number of carbonyl (C=O) groups excluding carboxylic acids is 1. The minimum Gasteiger partial charge on any atom is -0.387 e. The fourth-order valence-corrected chi connectivity index (χ4v) is 5.60. The molecule has 1 aromatic carbocycles. The number of carbonyl (C=O) groups is 1. The van der Waals surface area contributed by atoms with Crippen LogP contribution in [0, 0.1) is 5.92 Å². The second-order valence-corrected chi connectivity index (χ2v) is 9.55. The van der Waals surface area contributed by atoms with Gasteiger partial charge >= 0.3 is 0 Å². The van der Waals surface area contributed by atoms with Gasteiger partial charge in [-0.2, -0.15) is 0 Å². The highest BCUT2D eigenvalue weighted by Crippen LogP contribution is 2.42. The van der Waals surface area contributed by atoms with Crippen LogP contribution in [0.15, 0.2) is 52.8 Å². The molecule has 160 valence electrons. The van der Waals surface area contributed by atoms with Crippen molar-refractivity contribution in [1.82, 2.24) is 4.90 Å². The highest BCUT2D eigenvalue weighted by Gasteiger charge is 2.48. The Morgan fingerprint density at radius 2 is 1.80 bits per heavy atom. The third-order valence-electron chi connectivity index (χ3n) is 6.52. The van der Waals surface area contributed by atoms with E-state index in [0.29, 0.717) is 25.3 Å². The number of amides is 1. The van der Waals surface area contributed by atoms with Crippen molar-refractivity contribution in [3.8, 4) is 0 Å². The number of nitrogens with zero attached hydrogens (tertiary/aromatic N) is 2. The van der Waals surface area contributed by atoms with E-state index in [1.165, 1.54) is 4.88 Å². The first-order chi connectivity index (χ1) is 14.6. The van der Waals surface area contributed by atoms with Crippen molar-refractivity contribution in [3.05, 3.63) is 58.3 Å². The van der Waals surface area contributed by atoms with Crippen LogP contribution in [-0.4, -0.2) is 40.9 Å². The molecular formula is C24H31N3O2S. The average molecular weight is 426 g/mol. The Morgan fingerprint density at radius 3 is 2.43 bits per heavy atom. The number of aliphatic hydroxyl groups is 1. The SMILES string of the molecule is NC(Cc1cccs1)=NC1CCN(C(=O)[C@](O)(c2ccccc2)C2CCCC2)CC1. The Labute approximate surface area is 182 Å². The molecule has 2 heterocycles. The first-order valence-electron chi connectivity index (χ1n) is 11.0. The summed E-state index contributed by atoms with van der Waals surface area (Å²) in [5, 5.41) is 13.8. The smallest absolute Gasteiger partial charge is 0.259 e. The molecule has 1 aliphatic carbocycles. The van der Waals surface area contributed by atoms with Crippen LogP contribution in [0.1, 0.15) is 49.0 Å². The van der Waals surface area contributed by atoms with Gasteiger partial charge < -0.3 is 15.7 Å². The van der Waals surface area contributed by atoms with Crippen molar-refractivity contribution < 1.29 is 9.90 Å². The second kappa shape index (κ2) is 9.31. The molecule has 1 amide bonds. The number of likely N-dealkylation sites (tertiary alicyclic amines) is 1. The van der Waals surface area contributed by atoms with Gasteiger partial charge in [0.05, 0.1) is 11.9 Å². The summed E-state index contributed by atoms with van der Waals surface area (Å²) in [5.74, 6) is 0.508. The van der Waals surface area contributed by atoms with E-state index in [2.05, 4.69) is 6.07 Å². The number of piperidine rings is 1. The van der Waals surface area contributed by atoms with Crippen molar-refractivity contribution in [2.45, 2.75) is 56.6 Å². The molecule has 1 aliphatic heterocycles. The lowest BCUT2D eigenvalue weighted by atomic mass is 9.78. The molecule has 3 N–H and O–H groups in total. The quantitative estimate of drug-likeness (QED) is 0.547. The third kappa shape index (κ3) is 4.44. The van der Waals surface area contributed by atoms with Gasteiger partial charge in [-0.15, -0.1) is 11.3 Å². The highest BCUT2D eigenvalue weighted by atomic mass is 32.1. The summed E-state index contributed by atoms with van der Waals surface area (Å²) in [6.45, 7) is 1.22. The van der Waals surface area contributed by atoms with Crippen LogP contribution in [0.3, 0.4) is 0 Å². The Balaban J connectivity index is 1.43. The van der Waals surface area contributed by atoms with Crippen molar-refractivity contribution >= 4 is 23.1 Å². The number of thiophene rings is 1. The molecule has 0 radical (unpaired) electrons. The minimum absolute atomic E-state index is 0.00964. The van der Waals surface area contributed by atoms with Crippen molar-refractivity contribution in [2.75, 3.05) is 13.1 Å². The van der Waals surface area contributed by atoms with Crippen LogP contribution >= 0.6 is 11.3 Å². The molecule has 30 heavy (non-hydrogen) atoms. The summed E-state index contributed by atoms with van der Waals surface area (Å²) in [6, 6.07) is 13.7. The van der Waals surface area contributed by atoms with E-state index in [1.807, 2.05) is 46.7 Å². The Morgan fingerprint density at radius 1 is 1.10 bits per heavy atom. The molecule has 1 aromatic heterocycles. The van der Waals surface area contributed by atoms with E-state index in [1.54, 1.807) is 11.3 Å². The first kappa shape index (κ1) is 21.1. The summed E-state index contributed by atoms with van der Waals surface area (Å²) in [7, 11) is 0. The van der Waals surface area contributed by atoms with Gasteiger partial charge in [-0.3, -0.25) is 9.79 Å². The zero-order chi connectivity index (χ0) is 21.0. The van der Waals surface area contributed by atoms with Crippen LogP contribution in [0.5, 0.6) is 0 Å². The molecule has 0 spiro atoms. The van der Waals surface area contributed by atoms with Crippen molar-refractivity contribution in [2.24, 2.45) is 16.6 Å². The van der Waals surface area contributed by atoms with Gasteiger partial charge in [-0.05, 0) is 42.7 Å². The lowest BCUT2D eigenvalue weighted by molar-refractivity contribution is -0.160. The van der Waals surface area contributed by atoms with Gasteiger partial charge in [0.15, 0.2) is 5.60 Å². The molecule has 1 atom stereocenters. The van der Waals surface area contributed by atoms with E-state index < -0.39 is 5.60 Å². The van der Waals surface area contributed by atoms with Gasteiger partial charge in [0.2, 0.25) is 0 Å². The molecule has 4 rings (SSSR count). The maximum Gasteiger partial charge on any atom is 0.259 e. The molecule has 2 aliphatic rings. The molecular weight excluding hydrogens is 394 g/mol. The molecule has 5 nitrogen and oxygen atoms in total. The molecule has 0 unspecified atom stereocenters. The molecule has 6 heteroatoms. The van der Waals surface area contributed by atoms with Crippen LogP contribution in [0.4, 0.5) is 0 Å². The van der Waals surface area contributed by atoms with Gasteiger partial charge in [0.25, 0.3) is 5.91 Å². The Hall–Kier alpha value is -2.18. The topological polar surface area (TPSA) is 78.9 Å². The molecule has 0 bridgehead atoms. The van der Waals surface area contributed by atoms with Gasteiger partial charge in [-0.25, -0.2) is 0 Å². The summed E-state index contributed by atoms with van der Waals surface area (Å²) in [5.41, 5.74) is 5.45. The number of hydrogen-bond donors (Lipinski definition) is 2. The molecule has 1 saturated heterocycles. The van der Waals surface area contributed by atoms with E-state index in [4.69, 9.17) is 10.7 Å². The number of amidine groups is 1. The molecule has 2 fully saturated rings. The first-order valence-corrected chi connectivity index (χ1v) is 11.9. The van der Waals surface area contributed by atoms with Gasteiger partial charge in [0.1, 0.15) is 0 Å². The lowest BCUT2D eigenvalue weighted by Crippen LogP contribution is -2.53. The van der Waals surface area contributed by atoms with Crippen LogP contribution in [0.25, 0.3) is 0 Å². The van der Waals surface area contributed by atoms with E-state index in [0.717, 1.165) is 44.1 Å². The standard InChI is InChI=1S/C24H31N3O2S/c25-22(17-21-11-6-16-30-21)26-20-12-14-27(15-13-20)23(28)24(29,19-9-4-5-10-19)18-7-2-1-3-8-18/h1-3,6-8,11,16,19-20,29H,4-5,9-10,12-15,17H2,(H2,25,26)/t24-/m0/s1. The average Bonchev–Trinajstić information content (AvgIpc) is 3.48. The summed E-state index contributed by atoms with van der Waals surface area (Å²) < 4.78 is 0. The third-order valence-corrected chi connectivity index (χ3v) is 7.40. The van der Waals surface area contributed by atoms with E-state index in [-0.39, 0.29) is 17.9 Å². The predicted molar refractivity (Wildman–Crippen MR) is 122 cm³/mol. The predicted octanol–water partition coefficient (Wildman–Crippen LogP) is 3.72. The monoisotopic (exact) mass is 425 g/mol. The summed E-state index contributed by atoms with van der Waals surface area (Å²) >= 11 is 1.69. The lowest BCUT2D eigenvalue weighted by Gasteiger charge is -2.40. The second-order valence-electron chi connectivity index (χ2n) is 8.51. The highest BCUT2D eigenvalue weighted by molar-refractivity contribution is 7.10. The maximum absolute atomic E-state index is 13.6. The zero-order valence-electron chi connectivity index (χ0n) is 17.4. The van der Waals surface area contributed by atoms with Crippen molar-refractivity contribution in [3.63, 3.8) is 0 Å². The normalized spacial score (nSPS) is 21.0. The van der Waals surface area contributed by atoms with Crippen LogP contribution in [-0.2, 0) is 16.8 Å². The Bertz CT molecular complexity index is 854. The van der Waals surface area contributed by atoms with Crippen LogP contribution in [0.2, 0.25) is 0 Å². The summed E-state index contributed by atoms with van der Waals surface area (Å²) in [4.78, 5) is 21.3. The molecule has 1 saturated carbocycles. The number of aliphatic imine (C=N–C) groups is 1. The number of rotatable bonds is 6. The fourth-order valence-electron chi connectivity index (χ4n) is 4.88. The van der Waals surface area contributed by atoms with Gasteiger partial charge in [-0.1, -0.05) is 49.2 Å². The molecule has 2 aromatic rings. The minimum atomic E-state index is -1.42. The fraction of sp³-hybridized carbons (Fsp3) is 0.500. The summed E-state index contributed by atoms with van der Waals surface area (Å²) in [6.07, 6.45) is 6.21. The maximum atomic E-state index is 13.6. The Kier molecular flexibility index (Phi) is 6.54. The zero-order valence-corrected chi connectivity index (χ0v) is 18.2. The number of nitrogens with two attached hydrogens (primary N) is 1. The van der Waals surface area contributed by atoms with E-state index in [9.17, 15) is 9.90 Å². The van der Waals surface area contributed by atoms with E-state index >= 15 is 0 Å². The number of benzene rings is 1. The van der Waals surface area contributed by atoms with Gasteiger partial charge in [0, 0.05) is 30.3 Å². The van der Waals surface area contributed by atoms with Crippen LogP contribution < -0.4 is 5.73 Å². The largest absolute Gasteiger partial charge is 0.387 e. The van der Waals surface area contributed by atoms with Crippen molar-refractivity contribution in [1.29, 1.82) is 0 Å². The number of hydrogen-bond acceptors (Lipinski definition) is 4.